The van der Waals surface area contributed by atoms with Gasteiger partial charge in [0.2, 0.25) is 5.91 Å². The molecule has 0 unspecified atom stereocenters. The lowest BCUT2D eigenvalue weighted by atomic mass is 10.1. The van der Waals surface area contributed by atoms with E-state index in [9.17, 15) is 9.59 Å². The number of carbonyl (C=O) groups is 2. The molecule has 110 valence electrons. The molecule has 6 nitrogen and oxygen atoms in total. The van der Waals surface area contributed by atoms with Crippen molar-refractivity contribution in [1.82, 2.24) is 20.5 Å². The number of aromatic nitrogens is 1. The first-order valence-electron chi connectivity index (χ1n) is 7.08. The van der Waals surface area contributed by atoms with Crippen LogP contribution >= 0.6 is 0 Å². The molecule has 1 aromatic heterocycles. The zero-order valence-electron chi connectivity index (χ0n) is 11.7. The van der Waals surface area contributed by atoms with E-state index < -0.39 is 0 Å². The number of H-pyrrole nitrogens is 1. The number of nitrogens with one attached hydrogen (secondary N) is 3. The number of hydrogen-bond donors (Lipinski definition) is 3. The van der Waals surface area contributed by atoms with Crippen LogP contribution in [0.15, 0.2) is 30.5 Å². The minimum Gasteiger partial charge on any atom is -0.361 e. The van der Waals surface area contributed by atoms with Crippen LogP contribution in [0, 0.1) is 0 Å². The average Bonchev–Trinajstić information content (AvgIpc) is 3.00. The van der Waals surface area contributed by atoms with Gasteiger partial charge in [0.15, 0.2) is 0 Å². The molecule has 0 spiro atoms. The number of hydrogen-bond acceptors (Lipinski definition) is 3. The van der Waals surface area contributed by atoms with Crippen LogP contribution in [-0.4, -0.2) is 54.4 Å². The summed E-state index contributed by atoms with van der Waals surface area (Å²) in [4.78, 5) is 28.9. The van der Waals surface area contributed by atoms with Crippen LogP contribution in [0.1, 0.15) is 10.4 Å². The highest BCUT2D eigenvalue weighted by molar-refractivity contribution is 5.99. The van der Waals surface area contributed by atoms with Gasteiger partial charge >= 0.3 is 0 Å². The largest absolute Gasteiger partial charge is 0.361 e. The van der Waals surface area contributed by atoms with Gasteiger partial charge < -0.3 is 20.5 Å². The summed E-state index contributed by atoms with van der Waals surface area (Å²) in [6, 6.07) is 7.39. The molecule has 0 bridgehead atoms. The molecule has 0 saturated carbocycles. The maximum Gasteiger partial charge on any atom is 0.251 e. The van der Waals surface area contributed by atoms with Gasteiger partial charge in [-0.05, 0) is 23.6 Å². The van der Waals surface area contributed by atoms with Gasteiger partial charge in [0.25, 0.3) is 5.91 Å². The average molecular weight is 286 g/mol. The van der Waals surface area contributed by atoms with Gasteiger partial charge in [-0.1, -0.05) is 6.07 Å². The Bertz CT molecular complexity index is 658. The van der Waals surface area contributed by atoms with Crippen LogP contribution in [0.5, 0.6) is 0 Å². The minimum atomic E-state index is -0.227. The number of nitrogens with zero attached hydrogens (tertiary/aromatic N) is 1. The van der Waals surface area contributed by atoms with E-state index in [0.29, 0.717) is 18.7 Å². The Morgan fingerprint density at radius 2 is 2.00 bits per heavy atom. The van der Waals surface area contributed by atoms with Crippen molar-refractivity contribution < 1.29 is 9.59 Å². The van der Waals surface area contributed by atoms with Crippen LogP contribution < -0.4 is 10.6 Å². The second-order valence-electron chi connectivity index (χ2n) is 5.09. The molecule has 21 heavy (non-hydrogen) atoms. The summed E-state index contributed by atoms with van der Waals surface area (Å²) in [6.07, 6.45) is 1.83. The van der Waals surface area contributed by atoms with Gasteiger partial charge in [0.1, 0.15) is 0 Å². The molecular formula is C15H18N4O2. The number of rotatable bonds is 3. The van der Waals surface area contributed by atoms with E-state index in [1.165, 1.54) is 0 Å². The first kappa shape index (κ1) is 13.6. The lowest BCUT2D eigenvalue weighted by Crippen LogP contribution is -2.49. The smallest absolute Gasteiger partial charge is 0.251 e. The standard InChI is InChI=1S/C15H18N4O2/c20-14(19-7-5-16-6-8-19)10-18-15(21)12-2-1-11-3-4-17-13(11)9-12/h1-4,9,16-17H,5-8,10H2,(H,18,21). The van der Waals surface area contributed by atoms with Crippen molar-refractivity contribution in [3.8, 4) is 0 Å². The van der Waals surface area contributed by atoms with Crippen molar-refractivity contribution >= 4 is 22.7 Å². The zero-order chi connectivity index (χ0) is 14.7. The Hall–Kier alpha value is -2.34. The van der Waals surface area contributed by atoms with Crippen molar-refractivity contribution in [2.24, 2.45) is 0 Å². The number of aromatic amines is 1. The lowest BCUT2D eigenvalue weighted by molar-refractivity contribution is -0.130. The SMILES string of the molecule is O=C(NCC(=O)N1CCNCC1)c1ccc2cc[nH]c2c1. The minimum absolute atomic E-state index is 0.0363. The number of amides is 2. The predicted molar refractivity (Wildman–Crippen MR) is 80.1 cm³/mol. The molecular weight excluding hydrogens is 268 g/mol. The van der Waals surface area contributed by atoms with E-state index in [0.717, 1.165) is 24.0 Å². The van der Waals surface area contributed by atoms with Crippen LogP contribution in [0.2, 0.25) is 0 Å². The van der Waals surface area contributed by atoms with Gasteiger partial charge in [-0.25, -0.2) is 0 Å². The van der Waals surface area contributed by atoms with Crippen molar-refractivity contribution in [3.63, 3.8) is 0 Å². The molecule has 0 radical (unpaired) electrons. The highest BCUT2D eigenvalue weighted by Crippen LogP contribution is 2.13. The summed E-state index contributed by atoms with van der Waals surface area (Å²) in [5.74, 6) is -0.263. The Kier molecular flexibility index (Phi) is 3.87. The molecule has 1 aliphatic heterocycles. The van der Waals surface area contributed by atoms with Crippen LogP contribution in [0.4, 0.5) is 0 Å². The fraction of sp³-hybridized carbons (Fsp3) is 0.333. The third-order valence-corrected chi connectivity index (χ3v) is 3.69. The zero-order valence-corrected chi connectivity index (χ0v) is 11.7. The van der Waals surface area contributed by atoms with Gasteiger partial charge in [0, 0.05) is 43.5 Å². The first-order chi connectivity index (χ1) is 10.2. The van der Waals surface area contributed by atoms with E-state index >= 15 is 0 Å². The molecule has 0 atom stereocenters. The summed E-state index contributed by atoms with van der Waals surface area (Å²) in [6.45, 7) is 3.06. The molecule has 2 heterocycles. The van der Waals surface area contributed by atoms with Crippen molar-refractivity contribution in [1.29, 1.82) is 0 Å². The van der Waals surface area contributed by atoms with Crippen LogP contribution in [0.3, 0.4) is 0 Å². The van der Waals surface area contributed by atoms with E-state index in [1.807, 2.05) is 18.3 Å². The highest BCUT2D eigenvalue weighted by Gasteiger charge is 2.17. The third-order valence-electron chi connectivity index (χ3n) is 3.69. The lowest BCUT2D eigenvalue weighted by Gasteiger charge is -2.27. The first-order valence-corrected chi connectivity index (χ1v) is 7.08. The van der Waals surface area contributed by atoms with Gasteiger partial charge in [-0.15, -0.1) is 0 Å². The molecule has 1 aliphatic rings. The summed E-state index contributed by atoms with van der Waals surface area (Å²) >= 11 is 0. The van der Waals surface area contributed by atoms with Crippen molar-refractivity contribution in [3.05, 3.63) is 36.0 Å². The molecule has 3 rings (SSSR count). The topological polar surface area (TPSA) is 77.2 Å². The molecule has 6 heteroatoms. The number of piperazine rings is 1. The maximum atomic E-state index is 12.1. The molecule has 1 saturated heterocycles. The van der Waals surface area contributed by atoms with Gasteiger partial charge in [-0.2, -0.15) is 0 Å². The van der Waals surface area contributed by atoms with Gasteiger partial charge in [0.05, 0.1) is 6.54 Å². The molecule has 1 aromatic carbocycles. The second kappa shape index (κ2) is 5.97. The molecule has 2 amide bonds. The van der Waals surface area contributed by atoms with E-state index in [4.69, 9.17) is 0 Å². The number of carbonyl (C=O) groups excluding carboxylic acids is 2. The quantitative estimate of drug-likeness (QED) is 0.761. The monoisotopic (exact) mass is 286 g/mol. The fourth-order valence-electron chi connectivity index (χ4n) is 2.47. The summed E-state index contributed by atoms with van der Waals surface area (Å²) in [5.41, 5.74) is 1.47. The normalized spacial score (nSPS) is 15.1. The van der Waals surface area contributed by atoms with E-state index in [1.54, 1.807) is 17.0 Å². The van der Waals surface area contributed by atoms with Gasteiger partial charge in [-0.3, -0.25) is 9.59 Å². The Morgan fingerprint density at radius 1 is 1.19 bits per heavy atom. The maximum absolute atomic E-state index is 12.1. The van der Waals surface area contributed by atoms with Crippen LogP contribution in [-0.2, 0) is 4.79 Å². The van der Waals surface area contributed by atoms with Crippen molar-refractivity contribution in [2.45, 2.75) is 0 Å². The third kappa shape index (κ3) is 3.05. The van der Waals surface area contributed by atoms with E-state index in [-0.39, 0.29) is 18.4 Å². The van der Waals surface area contributed by atoms with E-state index in [2.05, 4.69) is 15.6 Å². The summed E-state index contributed by atoms with van der Waals surface area (Å²) < 4.78 is 0. The number of benzene rings is 1. The number of fused-ring (bicyclic) bond motifs is 1. The Balaban J connectivity index is 1.59. The summed E-state index contributed by atoms with van der Waals surface area (Å²) in [5, 5.41) is 6.94. The Labute approximate surface area is 122 Å². The van der Waals surface area contributed by atoms with Crippen LogP contribution in [0.25, 0.3) is 10.9 Å². The molecule has 1 fully saturated rings. The molecule has 2 aromatic rings. The predicted octanol–water partition coefficient (Wildman–Crippen LogP) is 0.330. The Morgan fingerprint density at radius 3 is 2.81 bits per heavy atom. The fourth-order valence-corrected chi connectivity index (χ4v) is 2.47. The highest BCUT2D eigenvalue weighted by atomic mass is 16.2. The summed E-state index contributed by atoms with van der Waals surface area (Å²) in [7, 11) is 0. The van der Waals surface area contributed by atoms with Crippen molar-refractivity contribution in [2.75, 3.05) is 32.7 Å². The second-order valence-corrected chi connectivity index (χ2v) is 5.09. The molecule has 0 aliphatic carbocycles. The molecule has 3 N–H and O–H groups in total.